The van der Waals surface area contributed by atoms with Crippen LogP contribution in [0.3, 0.4) is 0 Å². The number of rotatable bonds is 4. The molecule has 0 aromatic carbocycles. The highest BCUT2D eigenvalue weighted by Gasteiger charge is 2.13. The summed E-state index contributed by atoms with van der Waals surface area (Å²) in [5.74, 6) is 1.34. The zero-order valence-electron chi connectivity index (χ0n) is 12.9. The molecule has 0 unspecified atom stereocenters. The molecular weight excluding hydrogens is 348 g/mol. The number of amides is 1. The molecular formula is C15H13ClN6OS. The number of nitrogens with zero attached hydrogens (tertiary/aromatic N) is 4. The smallest absolute Gasteiger partial charge is 0.268 e. The number of pyridine rings is 1. The van der Waals surface area contributed by atoms with Gasteiger partial charge in [-0.05, 0) is 25.5 Å². The Balaban J connectivity index is 1.73. The van der Waals surface area contributed by atoms with Crippen LogP contribution in [0.25, 0.3) is 0 Å². The molecule has 0 aliphatic carbocycles. The quantitative estimate of drug-likeness (QED) is 0.690. The van der Waals surface area contributed by atoms with Crippen LogP contribution in [0.4, 0.5) is 16.8 Å². The number of anilines is 3. The summed E-state index contributed by atoms with van der Waals surface area (Å²) >= 11 is 7.11. The summed E-state index contributed by atoms with van der Waals surface area (Å²) in [6.45, 7) is 3.62. The van der Waals surface area contributed by atoms with Gasteiger partial charge in [-0.3, -0.25) is 4.79 Å². The molecule has 9 heteroatoms. The predicted octanol–water partition coefficient (Wildman–Crippen LogP) is 3.59. The number of hydrogen-bond donors (Lipinski definition) is 2. The van der Waals surface area contributed by atoms with Crippen LogP contribution < -0.4 is 10.6 Å². The fourth-order valence-electron chi connectivity index (χ4n) is 1.93. The number of carbonyl (C=O) groups excluding carboxylic acids is 1. The standard InChI is InChI=1S/C15H13ClN6OS/c1-8-4-3-5-17-13(8)22-14(23)10-7-18-15(24-10)21-12-6-11(16)19-9(2)20-12/h3-7H,1-2H3,(H,17,22,23)(H,18,19,20,21). The number of aryl methyl sites for hydroxylation is 2. The average molecular weight is 361 g/mol. The molecule has 0 fully saturated rings. The molecule has 0 aliphatic rings. The highest BCUT2D eigenvalue weighted by molar-refractivity contribution is 7.17. The molecule has 3 heterocycles. The molecule has 0 aliphatic heterocycles. The maximum atomic E-state index is 12.3. The Bertz CT molecular complexity index is 877. The van der Waals surface area contributed by atoms with Gasteiger partial charge in [0.05, 0.1) is 6.20 Å². The summed E-state index contributed by atoms with van der Waals surface area (Å²) in [6.07, 6.45) is 3.12. The molecule has 3 aromatic rings. The number of thiazole rings is 1. The van der Waals surface area contributed by atoms with Gasteiger partial charge in [0.1, 0.15) is 27.5 Å². The van der Waals surface area contributed by atoms with E-state index in [-0.39, 0.29) is 5.91 Å². The lowest BCUT2D eigenvalue weighted by Crippen LogP contribution is -2.12. The van der Waals surface area contributed by atoms with E-state index in [1.165, 1.54) is 17.5 Å². The second kappa shape index (κ2) is 6.90. The molecule has 0 bridgehead atoms. The number of nitrogens with one attached hydrogen (secondary N) is 2. The van der Waals surface area contributed by atoms with Crippen LogP contribution >= 0.6 is 22.9 Å². The normalized spacial score (nSPS) is 10.5. The van der Waals surface area contributed by atoms with E-state index in [0.29, 0.717) is 32.6 Å². The van der Waals surface area contributed by atoms with Crippen molar-refractivity contribution >= 4 is 45.6 Å². The second-order valence-corrected chi connectivity index (χ2v) is 6.32. The van der Waals surface area contributed by atoms with Crippen molar-refractivity contribution in [2.45, 2.75) is 13.8 Å². The molecule has 3 aromatic heterocycles. The lowest BCUT2D eigenvalue weighted by atomic mass is 10.3. The minimum Gasteiger partial charge on any atom is -0.316 e. The van der Waals surface area contributed by atoms with Crippen LogP contribution in [0.15, 0.2) is 30.6 Å². The first kappa shape index (κ1) is 16.3. The van der Waals surface area contributed by atoms with E-state index < -0.39 is 0 Å². The first-order chi connectivity index (χ1) is 11.5. The third-order valence-corrected chi connectivity index (χ3v) is 4.12. The van der Waals surface area contributed by atoms with E-state index in [1.807, 2.05) is 19.1 Å². The van der Waals surface area contributed by atoms with Crippen molar-refractivity contribution in [3.05, 3.63) is 52.0 Å². The average Bonchev–Trinajstić information content (AvgIpc) is 2.97. The Kier molecular flexibility index (Phi) is 4.68. The van der Waals surface area contributed by atoms with Gasteiger partial charge in [0.15, 0.2) is 5.13 Å². The summed E-state index contributed by atoms with van der Waals surface area (Å²) in [7, 11) is 0. The molecule has 0 saturated heterocycles. The van der Waals surface area contributed by atoms with Gasteiger partial charge in [0.2, 0.25) is 0 Å². The van der Waals surface area contributed by atoms with Crippen LogP contribution in [-0.4, -0.2) is 25.8 Å². The number of carbonyl (C=O) groups is 1. The fraction of sp³-hybridized carbons (Fsp3) is 0.133. The molecule has 0 atom stereocenters. The van der Waals surface area contributed by atoms with Crippen molar-refractivity contribution in [3.8, 4) is 0 Å². The zero-order valence-corrected chi connectivity index (χ0v) is 14.4. The lowest BCUT2D eigenvalue weighted by molar-refractivity contribution is 0.103. The lowest BCUT2D eigenvalue weighted by Gasteiger charge is -2.05. The topological polar surface area (TPSA) is 92.7 Å². The Labute approximate surface area is 147 Å². The SMILES string of the molecule is Cc1nc(Cl)cc(Nc2ncc(C(=O)Nc3ncccc3C)s2)n1. The molecule has 2 N–H and O–H groups in total. The molecule has 0 spiro atoms. The number of hydrogen-bond acceptors (Lipinski definition) is 7. The maximum Gasteiger partial charge on any atom is 0.268 e. The number of aromatic nitrogens is 4. The van der Waals surface area contributed by atoms with E-state index in [0.717, 1.165) is 5.56 Å². The molecule has 24 heavy (non-hydrogen) atoms. The van der Waals surface area contributed by atoms with Gasteiger partial charge >= 0.3 is 0 Å². The van der Waals surface area contributed by atoms with Crippen LogP contribution in [0, 0.1) is 13.8 Å². The summed E-state index contributed by atoms with van der Waals surface area (Å²) in [5.41, 5.74) is 0.889. The van der Waals surface area contributed by atoms with Crippen molar-refractivity contribution in [3.63, 3.8) is 0 Å². The minimum absolute atomic E-state index is 0.265. The van der Waals surface area contributed by atoms with E-state index in [4.69, 9.17) is 11.6 Å². The van der Waals surface area contributed by atoms with Crippen LogP contribution in [0.1, 0.15) is 21.1 Å². The van der Waals surface area contributed by atoms with Gasteiger partial charge in [-0.2, -0.15) is 0 Å². The zero-order chi connectivity index (χ0) is 17.1. The maximum absolute atomic E-state index is 12.3. The number of halogens is 1. The van der Waals surface area contributed by atoms with E-state index in [2.05, 4.69) is 30.6 Å². The predicted molar refractivity (Wildman–Crippen MR) is 94.1 cm³/mol. The largest absolute Gasteiger partial charge is 0.316 e. The van der Waals surface area contributed by atoms with Crippen LogP contribution in [0.2, 0.25) is 5.15 Å². The van der Waals surface area contributed by atoms with Gasteiger partial charge in [-0.1, -0.05) is 29.0 Å². The minimum atomic E-state index is -0.265. The van der Waals surface area contributed by atoms with Crippen molar-refractivity contribution in [2.24, 2.45) is 0 Å². The van der Waals surface area contributed by atoms with Gasteiger partial charge < -0.3 is 10.6 Å². The van der Waals surface area contributed by atoms with E-state index in [1.54, 1.807) is 19.2 Å². The Morgan fingerprint density at radius 3 is 2.83 bits per heavy atom. The van der Waals surface area contributed by atoms with Crippen molar-refractivity contribution in [2.75, 3.05) is 10.6 Å². The molecule has 0 radical (unpaired) electrons. The second-order valence-electron chi connectivity index (χ2n) is 4.90. The first-order valence-electron chi connectivity index (χ1n) is 6.98. The third-order valence-electron chi connectivity index (χ3n) is 3.01. The Morgan fingerprint density at radius 2 is 2.08 bits per heavy atom. The molecule has 0 saturated carbocycles. The molecule has 3 rings (SSSR count). The van der Waals surface area contributed by atoms with Crippen molar-refractivity contribution in [1.82, 2.24) is 19.9 Å². The molecule has 1 amide bonds. The highest BCUT2D eigenvalue weighted by Crippen LogP contribution is 2.23. The van der Waals surface area contributed by atoms with Gasteiger partial charge in [-0.25, -0.2) is 19.9 Å². The molecule has 7 nitrogen and oxygen atoms in total. The summed E-state index contributed by atoms with van der Waals surface area (Å²) in [6, 6.07) is 5.28. The van der Waals surface area contributed by atoms with E-state index in [9.17, 15) is 4.79 Å². The van der Waals surface area contributed by atoms with Crippen molar-refractivity contribution in [1.29, 1.82) is 0 Å². The van der Waals surface area contributed by atoms with Gasteiger partial charge in [0.25, 0.3) is 5.91 Å². The van der Waals surface area contributed by atoms with Crippen LogP contribution in [0.5, 0.6) is 0 Å². The highest BCUT2D eigenvalue weighted by atomic mass is 35.5. The molecule has 122 valence electrons. The summed E-state index contributed by atoms with van der Waals surface area (Å²) in [5, 5.41) is 6.65. The summed E-state index contributed by atoms with van der Waals surface area (Å²) < 4.78 is 0. The first-order valence-corrected chi connectivity index (χ1v) is 8.18. The Hall–Kier alpha value is -2.58. The Morgan fingerprint density at radius 1 is 1.25 bits per heavy atom. The summed E-state index contributed by atoms with van der Waals surface area (Å²) in [4.78, 5) is 29.3. The monoisotopic (exact) mass is 360 g/mol. The fourth-order valence-corrected chi connectivity index (χ4v) is 2.87. The van der Waals surface area contributed by atoms with Crippen molar-refractivity contribution < 1.29 is 4.79 Å². The third kappa shape index (κ3) is 3.84. The van der Waals surface area contributed by atoms with Crippen LogP contribution in [-0.2, 0) is 0 Å². The van der Waals surface area contributed by atoms with E-state index >= 15 is 0 Å². The van der Waals surface area contributed by atoms with Gasteiger partial charge in [0, 0.05) is 12.3 Å². The van der Waals surface area contributed by atoms with Gasteiger partial charge in [-0.15, -0.1) is 0 Å².